The Morgan fingerprint density at radius 1 is 1.42 bits per heavy atom. The molecule has 0 unspecified atom stereocenters. The summed E-state index contributed by atoms with van der Waals surface area (Å²) in [6.07, 6.45) is 0. The highest BCUT2D eigenvalue weighted by molar-refractivity contribution is 7.21. The Bertz CT molecular complexity index is 433. The van der Waals surface area contributed by atoms with E-state index in [1.807, 2.05) is 25.1 Å². The molecule has 2 rings (SSSR count). The minimum atomic E-state index is 0.218. The highest BCUT2D eigenvalue weighted by Crippen LogP contribution is 2.38. The van der Waals surface area contributed by atoms with Gasteiger partial charge in [-0.05, 0) is 18.6 Å². The van der Waals surface area contributed by atoms with Gasteiger partial charge in [0, 0.05) is 10.1 Å². The molecular weight excluding hydrogens is 170 g/mol. The molecule has 0 aliphatic heterocycles. The number of aromatic hydroxyl groups is 1. The Kier molecular flexibility index (Phi) is 1.48. The predicted molar refractivity (Wildman–Crippen MR) is 52.6 cm³/mol. The summed E-state index contributed by atoms with van der Waals surface area (Å²) in [5.41, 5.74) is 7.33. The van der Waals surface area contributed by atoms with Crippen LogP contribution < -0.4 is 5.73 Å². The van der Waals surface area contributed by atoms with Gasteiger partial charge in [0.2, 0.25) is 0 Å². The number of rotatable bonds is 0. The van der Waals surface area contributed by atoms with Gasteiger partial charge in [0.25, 0.3) is 0 Å². The molecule has 0 saturated carbocycles. The van der Waals surface area contributed by atoms with Crippen molar-refractivity contribution >= 4 is 27.1 Å². The summed E-state index contributed by atoms with van der Waals surface area (Å²) in [7, 11) is 0. The topological polar surface area (TPSA) is 46.2 Å². The second kappa shape index (κ2) is 2.38. The van der Waals surface area contributed by atoms with E-state index in [9.17, 15) is 5.11 Å². The normalized spacial score (nSPS) is 10.8. The Hall–Kier alpha value is -1.22. The summed E-state index contributed by atoms with van der Waals surface area (Å²) in [6, 6.07) is 5.96. The number of anilines is 1. The van der Waals surface area contributed by atoms with Crippen LogP contribution in [-0.2, 0) is 0 Å². The average molecular weight is 179 g/mol. The molecule has 62 valence electrons. The zero-order valence-corrected chi connectivity index (χ0v) is 7.48. The molecule has 0 saturated heterocycles. The van der Waals surface area contributed by atoms with Crippen LogP contribution in [0.3, 0.4) is 0 Å². The van der Waals surface area contributed by atoms with Crippen LogP contribution in [0.25, 0.3) is 10.1 Å². The van der Waals surface area contributed by atoms with Gasteiger partial charge in [-0.3, -0.25) is 0 Å². The van der Waals surface area contributed by atoms with Crippen LogP contribution in [0.4, 0.5) is 5.69 Å². The zero-order valence-electron chi connectivity index (χ0n) is 6.66. The van der Waals surface area contributed by atoms with Crippen molar-refractivity contribution in [2.75, 3.05) is 5.73 Å². The highest BCUT2D eigenvalue weighted by atomic mass is 32.1. The summed E-state index contributed by atoms with van der Waals surface area (Å²) in [4.78, 5) is 0. The zero-order chi connectivity index (χ0) is 8.72. The fourth-order valence-electron chi connectivity index (χ4n) is 1.21. The Balaban J connectivity index is 2.87. The van der Waals surface area contributed by atoms with Crippen LogP contribution in [0.15, 0.2) is 18.2 Å². The van der Waals surface area contributed by atoms with Gasteiger partial charge < -0.3 is 10.8 Å². The maximum absolute atomic E-state index is 9.33. The lowest BCUT2D eigenvalue weighted by Gasteiger charge is -1.92. The van der Waals surface area contributed by atoms with Crippen molar-refractivity contribution in [3.05, 3.63) is 23.8 Å². The predicted octanol–water partition coefficient (Wildman–Crippen LogP) is 2.50. The third kappa shape index (κ3) is 0.940. The van der Waals surface area contributed by atoms with Crippen molar-refractivity contribution in [2.45, 2.75) is 6.92 Å². The van der Waals surface area contributed by atoms with E-state index in [4.69, 9.17) is 5.73 Å². The second-order valence-corrected chi connectivity index (χ2v) is 3.85. The lowest BCUT2D eigenvalue weighted by Crippen LogP contribution is -1.81. The fourth-order valence-corrected chi connectivity index (χ4v) is 2.17. The smallest absolute Gasteiger partial charge is 0.196 e. The first-order valence-electron chi connectivity index (χ1n) is 3.66. The lowest BCUT2D eigenvalue weighted by atomic mass is 10.2. The van der Waals surface area contributed by atoms with Crippen LogP contribution in [-0.4, -0.2) is 5.11 Å². The fraction of sp³-hybridized carbons (Fsp3) is 0.111. The van der Waals surface area contributed by atoms with E-state index < -0.39 is 0 Å². The molecule has 0 aliphatic carbocycles. The number of hydrogen-bond acceptors (Lipinski definition) is 3. The van der Waals surface area contributed by atoms with Gasteiger partial charge in [-0.1, -0.05) is 23.5 Å². The summed E-state index contributed by atoms with van der Waals surface area (Å²) >= 11 is 1.32. The first kappa shape index (κ1) is 7.43. The van der Waals surface area contributed by atoms with Crippen LogP contribution in [0.1, 0.15) is 5.56 Å². The Morgan fingerprint density at radius 2 is 2.17 bits per heavy atom. The average Bonchev–Trinajstić information content (AvgIpc) is 2.28. The molecule has 1 aromatic carbocycles. The molecule has 3 heteroatoms. The van der Waals surface area contributed by atoms with Crippen LogP contribution >= 0.6 is 11.3 Å². The third-order valence-corrected chi connectivity index (χ3v) is 2.84. The van der Waals surface area contributed by atoms with Crippen LogP contribution in [0, 0.1) is 6.92 Å². The SMILES string of the molecule is Cc1ccc2c(N)c(O)sc2c1. The molecule has 2 nitrogen and oxygen atoms in total. The molecule has 0 radical (unpaired) electrons. The van der Waals surface area contributed by atoms with Gasteiger partial charge in [-0.15, -0.1) is 0 Å². The van der Waals surface area contributed by atoms with Gasteiger partial charge >= 0.3 is 0 Å². The molecule has 1 aromatic heterocycles. The number of nitrogen functional groups attached to an aromatic ring is 1. The highest BCUT2D eigenvalue weighted by Gasteiger charge is 2.06. The van der Waals surface area contributed by atoms with E-state index in [1.165, 1.54) is 16.9 Å². The largest absolute Gasteiger partial charge is 0.498 e. The molecular formula is C9H9NOS. The van der Waals surface area contributed by atoms with Crippen molar-refractivity contribution in [1.82, 2.24) is 0 Å². The van der Waals surface area contributed by atoms with Crippen molar-refractivity contribution in [1.29, 1.82) is 0 Å². The van der Waals surface area contributed by atoms with E-state index in [2.05, 4.69) is 0 Å². The molecule has 2 aromatic rings. The first-order valence-corrected chi connectivity index (χ1v) is 4.48. The molecule has 0 atom stereocenters. The second-order valence-electron chi connectivity index (χ2n) is 2.82. The van der Waals surface area contributed by atoms with E-state index in [0.717, 1.165) is 10.1 Å². The number of fused-ring (bicyclic) bond motifs is 1. The van der Waals surface area contributed by atoms with Crippen molar-refractivity contribution in [3.63, 3.8) is 0 Å². The summed E-state index contributed by atoms with van der Waals surface area (Å²) in [5.74, 6) is 0. The minimum absolute atomic E-state index is 0.218. The Labute approximate surface area is 74.3 Å². The van der Waals surface area contributed by atoms with Crippen molar-refractivity contribution < 1.29 is 5.11 Å². The Morgan fingerprint density at radius 3 is 2.92 bits per heavy atom. The maximum Gasteiger partial charge on any atom is 0.196 e. The molecule has 1 heterocycles. The van der Waals surface area contributed by atoms with Gasteiger partial charge in [0.05, 0.1) is 5.69 Å². The number of thiophene rings is 1. The maximum atomic E-state index is 9.33. The quantitative estimate of drug-likeness (QED) is 0.652. The van der Waals surface area contributed by atoms with E-state index in [0.29, 0.717) is 5.69 Å². The lowest BCUT2D eigenvalue weighted by molar-refractivity contribution is 0.493. The number of benzene rings is 1. The van der Waals surface area contributed by atoms with Gasteiger partial charge in [-0.2, -0.15) is 0 Å². The standard InChI is InChI=1S/C9H9NOS/c1-5-2-3-6-7(4-5)12-9(11)8(6)10/h2-4,11H,10H2,1H3. The van der Waals surface area contributed by atoms with Crippen LogP contribution in [0.2, 0.25) is 0 Å². The molecule has 0 spiro atoms. The number of aryl methyl sites for hydroxylation is 1. The molecule has 12 heavy (non-hydrogen) atoms. The summed E-state index contributed by atoms with van der Waals surface area (Å²) < 4.78 is 1.05. The molecule has 0 bridgehead atoms. The van der Waals surface area contributed by atoms with Crippen LogP contribution in [0.5, 0.6) is 5.06 Å². The monoisotopic (exact) mass is 179 g/mol. The summed E-state index contributed by atoms with van der Waals surface area (Å²) in [6.45, 7) is 2.02. The van der Waals surface area contributed by atoms with Gasteiger partial charge in [-0.25, -0.2) is 0 Å². The molecule has 0 aliphatic rings. The van der Waals surface area contributed by atoms with Gasteiger partial charge in [0.15, 0.2) is 5.06 Å². The van der Waals surface area contributed by atoms with Crippen molar-refractivity contribution in [3.8, 4) is 5.06 Å². The first-order chi connectivity index (χ1) is 5.68. The third-order valence-electron chi connectivity index (χ3n) is 1.86. The summed E-state index contributed by atoms with van der Waals surface area (Å²) in [5, 5.41) is 10.5. The van der Waals surface area contributed by atoms with E-state index in [-0.39, 0.29) is 5.06 Å². The van der Waals surface area contributed by atoms with E-state index in [1.54, 1.807) is 0 Å². The van der Waals surface area contributed by atoms with E-state index >= 15 is 0 Å². The van der Waals surface area contributed by atoms with Gasteiger partial charge in [0.1, 0.15) is 0 Å². The number of hydrogen-bond donors (Lipinski definition) is 2. The molecule has 0 fully saturated rings. The minimum Gasteiger partial charge on any atom is -0.498 e. The molecule has 3 N–H and O–H groups in total. The molecule has 0 amide bonds. The van der Waals surface area contributed by atoms with Crippen molar-refractivity contribution in [2.24, 2.45) is 0 Å². The number of nitrogens with two attached hydrogens (primary N) is 1.